The number of sulfonamides is 1. The first-order valence-electron chi connectivity index (χ1n) is 6.99. The molecule has 0 heterocycles. The second-order valence-electron chi connectivity index (χ2n) is 4.89. The molecule has 0 amide bonds. The van der Waals surface area contributed by atoms with Crippen LogP contribution in [0.3, 0.4) is 0 Å². The van der Waals surface area contributed by atoms with Crippen LogP contribution in [0.2, 0.25) is 5.02 Å². The summed E-state index contributed by atoms with van der Waals surface area (Å²) in [6, 6.07) is 10.3. The molecule has 1 unspecified atom stereocenters. The average molecular weight is 374 g/mol. The Hall–Kier alpha value is -1.67. The van der Waals surface area contributed by atoms with E-state index < -0.39 is 21.9 Å². The predicted molar refractivity (Wildman–Crippen MR) is 89.3 cm³/mol. The molecule has 1 N–H and O–H groups in total. The highest BCUT2D eigenvalue weighted by Gasteiger charge is 2.23. The molecule has 0 spiro atoms. The van der Waals surface area contributed by atoms with E-state index in [4.69, 9.17) is 21.1 Å². The number of ether oxygens (including phenoxy) is 2. The summed E-state index contributed by atoms with van der Waals surface area (Å²) in [5.41, 5.74) is 0.649. The minimum atomic E-state index is -3.99. The van der Waals surface area contributed by atoms with E-state index in [1.54, 1.807) is 24.3 Å². The van der Waals surface area contributed by atoms with Gasteiger partial charge in [0.05, 0.1) is 13.2 Å². The van der Waals surface area contributed by atoms with Gasteiger partial charge < -0.3 is 9.47 Å². The van der Waals surface area contributed by atoms with E-state index in [-0.39, 0.29) is 17.2 Å². The zero-order chi connectivity index (χ0) is 17.7. The van der Waals surface area contributed by atoms with Crippen molar-refractivity contribution in [2.24, 2.45) is 0 Å². The van der Waals surface area contributed by atoms with Crippen molar-refractivity contribution in [2.75, 3.05) is 20.8 Å². The van der Waals surface area contributed by atoms with Crippen LogP contribution in [0.25, 0.3) is 0 Å². The molecular weight excluding hydrogens is 357 g/mol. The highest BCUT2D eigenvalue weighted by atomic mass is 35.5. The summed E-state index contributed by atoms with van der Waals surface area (Å²) < 4.78 is 51.0. The molecule has 0 aliphatic carbocycles. The summed E-state index contributed by atoms with van der Waals surface area (Å²) in [5, 5.41) is 0.465. The molecule has 0 bridgehead atoms. The van der Waals surface area contributed by atoms with Crippen molar-refractivity contribution in [3.05, 3.63) is 58.9 Å². The van der Waals surface area contributed by atoms with Crippen LogP contribution in [0.4, 0.5) is 4.39 Å². The van der Waals surface area contributed by atoms with Crippen LogP contribution in [-0.4, -0.2) is 29.2 Å². The highest BCUT2D eigenvalue weighted by Crippen LogP contribution is 2.27. The molecule has 5 nitrogen and oxygen atoms in total. The second-order valence-corrected chi connectivity index (χ2v) is 7.04. The van der Waals surface area contributed by atoms with Crippen LogP contribution in [-0.2, 0) is 14.8 Å². The smallest absolute Gasteiger partial charge is 0.244 e. The second kappa shape index (κ2) is 7.94. The van der Waals surface area contributed by atoms with E-state index in [1.807, 2.05) is 0 Å². The normalized spacial score (nSPS) is 12.8. The molecular formula is C16H17ClFNO4S. The van der Waals surface area contributed by atoms with E-state index >= 15 is 0 Å². The molecule has 2 aromatic rings. The molecule has 0 aromatic heterocycles. The Labute approximate surface area is 145 Å². The summed E-state index contributed by atoms with van der Waals surface area (Å²) in [4.78, 5) is -0.279. The summed E-state index contributed by atoms with van der Waals surface area (Å²) in [6.07, 6.45) is -0.590. The lowest BCUT2D eigenvalue weighted by atomic mass is 10.1. The van der Waals surface area contributed by atoms with E-state index in [0.717, 1.165) is 12.1 Å². The SMILES string of the molecule is COc1ccc(F)cc1S(=O)(=O)NCC(OC)c1ccccc1Cl. The zero-order valence-corrected chi connectivity index (χ0v) is 14.7. The highest BCUT2D eigenvalue weighted by molar-refractivity contribution is 7.89. The van der Waals surface area contributed by atoms with Gasteiger partial charge in [0.1, 0.15) is 16.5 Å². The molecule has 0 saturated heterocycles. The molecule has 8 heteroatoms. The van der Waals surface area contributed by atoms with E-state index in [1.165, 1.54) is 20.3 Å². The molecule has 130 valence electrons. The number of rotatable bonds is 7. The molecule has 24 heavy (non-hydrogen) atoms. The predicted octanol–water partition coefficient (Wildman–Crippen LogP) is 3.15. The molecule has 2 rings (SSSR count). The maximum atomic E-state index is 13.4. The first-order valence-corrected chi connectivity index (χ1v) is 8.85. The third kappa shape index (κ3) is 4.24. The van der Waals surface area contributed by atoms with Crippen LogP contribution in [0.1, 0.15) is 11.7 Å². The van der Waals surface area contributed by atoms with Gasteiger partial charge in [-0.2, -0.15) is 0 Å². The Kier molecular flexibility index (Phi) is 6.17. The third-order valence-corrected chi connectivity index (χ3v) is 5.20. The van der Waals surface area contributed by atoms with E-state index in [2.05, 4.69) is 4.72 Å². The van der Waals surface area contributed by atoms with Gasteiger partial charge in [0.2, 0.25) is 10.0 Å². The Morgan fingerprint density at radius 2 is 1.92 bits per heavy atom. The lowest BCUT2D eigenvalue weighted by Crippen LogP contribution is -2.29. The van der Waals surface area contributed by atoms with Crippen LogP contribution in [0, 0.1) is 5.82 Å². The van der Waals surface area contributed by atoms with Crippen molar-refractivity contribution < 1.29 is 22.3 Å². The minimum Gasteiger partial charge on any atom is -0.495 e. The largest absolute Gasteiger partial charge is 0.495 e. The van der Waals surface area contributed by atoms with E-state index in [0.29, 0.717) is 10.6 Å². The van der Waals surface area contributed by atoms with Crippen LogP contribution >= 0.6 is 11.6 Å². The minimum absolute atomic E-state index is 0.0515. The van der Waals surface area contributed by atoms with Gasteiger partial charge in [0.25, 0.3) is 0 Å². The Morgan fingerprint density at radius 3 is 2.54 bits per heavy atom. The first kappa shape index (κ1) is 18.7. The van der Waals surface area contributed by atoms with Gasteiger partial charge in [-0.25, -0.2) is 17.5 Å². The van der Waals surface area contributed by atoms with Gasteiger partial charge in [-0.3, -0.25) is 0 Å². The fourth-order valence-electron chi connectivity index (χ4n) is 2.18. The fourth-order valence-corrected chi connectivity index (χ4v) is 3.65. The number of methoxy groups -OCH3 is 2. The molecule has 0 saturated carbocycles. The van der Waals surface area contributed by atoms with Crippen LogP contribution in [0.5, 0.6) is 5.75 Å². The van der Waals surface area contributed by atoms with Crippen molar-refractivity contribution in [3.63, 3.8) is 0 Å². The van der Waals surface area contributed by atoms with Gasteiger partial charge in [0, 0.05) is 24.2 Å². The standard InChI is InChI=1S/C16H17ClFNO4S/c1-22-14-8-7-11(18)9-16(14)24(20,21)19-10-15(23-2)12-5-3-4-6-13(12)17/h3-9,15,19H,10H2,1-2H3. The monoisotopic (exact) mass is 373 g/mol. The van der Waals surface area contributed by atoms with Gasteiger partial charge in [-0.15, -0.1) is 0 Å². The summed E-state index contributed by atoms with van der Waals surface area (Å²) in [7, 11) is -1.23. The molecule has 0 aliphatic rings. The van der Waals surface area contributed by atoms with Crippen LogP contribution in [0.15, 0.2) is 47.4 Å². The number of halogens is 2. The van der Waals surface area contributed by atoms with Crippen molar-refractivity contribution in [3.8, 4) is 5.75 Å². The summed E-state index contributed by atoms with van der Waals surface area (Å²) in [6.45, 7) is -0.0672. The molecule has 0 radical (unpaired) electrons. The quantitative estimate of drug-likeness (QED) is 0.809. The molecule has 1 atom stereocenters. The number of hydrogen-bond donors (Lipinski definition) is 1. The molecule has 2 aromatic carbocycles. The summed E-state index contributed by atoms with van der Waals surface area (Å²) in [5.74, 6) is -0.624. The molecule has 0 aliphatic heterocycles. The number of nitrogens with one attached hydrogen (secondary N) is 1. The summed E-state index contributed by atoms with van der Waals surface area (Å²) >= 11 is 6.11. The van der Waals surface area contributed by atoms with Gasteiger partial charge in [-0.1, -0.05) is 29.8 Å². The lowest BCUT2D eigenvalue weighted by Gasteiger charge is -2.18. The van der Waals surface area contributed by atoms with Crippen LogP contribution < -0.4 is 9.46 Å². The Morgan fingerprint density at radius 1 is 1.21 bits per heavy atom. The van der Waals surface area contributed by atoms with E-state index in [9.17, 15) is 12.8 Å². The Bertz CT molecular complexity index is 813. The lowest BCUT2D eigenvalue weighted by molar-refractivity contribution is 0.107. The van der Waals surface area contributed by atoms with Crippen molar-refractivity contribution >= 4 is 21.6 Å². The Balaban J connectivity index is 2.24. The van der Waals surface area contributed by atoms with Gasteiger partial charge in [0.15, 0.2) is 0 Å². The average Bonchev–Trinajstić information content (AvgIpc) is 2.56. The molecule has 0 fully saturated rings. The number of benzene rings is 2. The van der Waals surface area contributed by atoms with Crippen molar-refractivity contribution in [1.82, 2.24) is 4.72 Å². The number of hydrogen-bond acceptors (Lipinski definition) is 4. The maximum absolute atomic E-state index is 13.4. The first-order chi connectivity index (χ1) is 11.4. The zero-order valence-electron chi connectivity index (χ0n) is 13.1. The topological polar surface area (TPSA) is 64.6 Å². The van der Waals surface area contributed by atoms with Gasteiger partial charge in [-0.05, 0) is 24.3 Å². The third-order valence-electron chi connectivity index (χ3n) is 3.41. The van der Waals surface area contributed by atoms with Crippen molar-refractivity contribution in [1.29, 1.82) is 0 Å². The maximum Gasteiger partial charge on any atom is 0.244 e. The fraction of sp³-hybridized carbons (Fsp3) is 0.250. The van der Waals surface area contributed by atoms with Gasteiger partial charge >= 0.3 is 0 Å². The van der Waals surface area contributed by atoms with Crippen molar-refractivity contribution in [2.45, 2.75) is 11.0 Å².